The Morgan fingerprint density at radius 2 is 1.83 bits per heavy atom. The largest absolute Gasteiger partial charge is 0.460 e. The molecule has 128 valence electrons. The standard InChI is InChI=1S/C19H24N2O3/c1-14-10-11-17(22)21(20-14)13-18(23)24-16(19(2,3)4)12-15-8-6-5-7-9-15/h5-11,16H,12-13H2,1-4H3/t16-/m1/s1. The van der Waals surface area contributed by atoms with Crippen molar-refractivity contribution in [1.82, 2.24) is 9.78 Å². The van der Waals surface area contributed by atoms with Gasteiger partial charge in [0.2, 0.25) is 0 Å². The first kappa shape index (κ1) is 17.9. The topological polar surface area (TPSA) is 61.2 Å². The first-order valence-corrected chi connectivity index (χ1v) is 8.04. The van der Waals surface area contributed by atoms with Crippen molar-refractivity contribution in [2.45, 2.75) is 46.8 Å². The Hall–Kier alpha value is -2.43. The van der Waals surface area contributed by atoms with E-state index in [0.717, 1.165) is 10.2 Å². The van der Waals surface area contributed by atoms with Crippen LogP contribution < -0.4 is 5.56 Å². The van der Waals surface area contributed by atoms with Crippen LogP contribution in [0.25, 0.3) is 0 Å². The van der Waals surface area contributed by atoms with E-state index in [1.165, 1.54) is 6.07 Å². The summed E-state index contributed by atoms with van der Waals surface area (Å²) in [6, 6.07) is 12.9. The molecule has 24 heavy (non-hydrogen) atoms. The molecule has 0 saturated heterocycles. The number of hydrogen-bond acceptors (Lipinski definition) is 4. The molecule has 2 rings (SSSR count). The summed E-state index contributed by atoms with van der Waals surface area (Å²) in [5.74, 6) is -0.453. The maximum atomic E-state index is 12.3. The van der Waals surface area contributed by atoms with Gasteiger partial charge in [0.25, 0.3) is 5.56 Å². The van der Waals surface area contributed by atoms with Crippen molar-refractivity contribution in [3.63, 3.8) is 0 Å². The second-order valence-corrected chi connectivity index (χ2v) is 7.00. The first-order chi connectivity index (χ1) is 11.3. The molecule has 0 aliphatic carbocycles. The highest BCUT2D eigenvalue weighted by Crippen LogP contribution is 2.25. The summed E-state index contributed by atoms with van der Waals surface area (Å²) in [7, 11) is 0. The molecule has 0 aliphatic rings. The molecule has 0 saturated carbocycles. The quantitative estimate of drug-likeness (QED) is 0.792. The summed E-state index contributed by atoms with van der Waals surface area (Å²) >= 11 is 0. The summed E-state index contributed by atoms with van der Waals surface area (Å²) in [5.41, 5.74) is 1.26. The fraction of sp³-hybridized carbons (Fsp3) is 0.421. The van der Waals surface area contributed by atoms with Gasteiger partial charge in [-0.3, -0.25) is 9.59 Å². The molecule has 0 fully saturated rings. The lowest BCUT2D eigenvalue weighted by molar-refractivity contribution is -0.155. The molecular formula is C19H24N2O3. The Labute approximate surface area is 142 Å². The van der Waals surface area contributed by atoms with Crippen LogP contribution >= 0.6 is 0 Å². The highest BCUT2D eigenvalue weighted by atomic mass is 16.5. The van der Waals surface area contributed by atoms with Crippen LogP contribution in [0.2, 0.25) is 0 Å². The Morgan fingerprint density at radius 1 is 1.17 bits per heavy atom. The number of hydrogen-bond donors (Lipinski definition) is 0. The molecule has 1 atom stereocenters. The fourth-order valence-corrected chi connectivity index (χ4v) is 2.34. The van der Waals surface area contributed by atoms with Crippen molar-refractivity contribution >= 4 is 5.97 Å². The predicted molar refractivity (Wildman–Crippen MR) is 92.7 cm³/mol. The number of aromatic nitrogens is 2. The summed E-state index contributed by atoms with van der Waals surface area (Å²) < 4.78 is 6.82. The second kappa shape index (κ2) is 7.43. The zero-order valence-corrected chi connectivity index (χ0v) is 14.7. The number of aryl methyl sites for hydroxylation is 1. The number of benzene rings is 1. The summed E-state index contributed by atoms with van der Waals surface area (Å²) in [4.78, 5) is 24.1. The van der Waals surface area contributed by atoms with E-state index in [1.807, 2.05) is 51.1 Å². The van der Waals surface area contributed by atoms with Crippen LogP contribution in [0.1, 0.15) is 32.0 Å². The maximum Gasteiger partial charge on any atom is 0.328 e. The minimum absolute atomic E-state index is 0.179. The SMILES string of the molecule is Cc1ccc(=O)n(CC(=O)O[C@H](Cc2ccccc2)C(C)(C)C)n1. The lowest BCUT2D eigenvalue weighted by atomic mass is 9.85. The van der Waals surface area contributed by atoms with Crippen molar-refractivity contribution in [2.24, 2.45) is 5.41 Å². The second-order valence-electron chi connectivity index (χ2n) is 7.00. The molecule has 5 heteroatoms. The van der Waals surface area contributed by atoms with E-state index in [0.29, 0.717) is 12.1 Å². The highest BCUT2D eigenvalue weighted by molar-refractivity contribution is 5.69. The average Bonchev–Trinajstić information content (AvgIpc) is 2.50. The van der Waals surface area contributed by atoms with Gasteiger partial charge in [0.05, 0.1) is 5.69 Å². The molecule has 1 aromatic carbocycles. The number of nitrogens with zero attached hydrogens (tertiary/aromatic N) is 2. The monoisotopic (exact) mass is 328 g/mol. The van der Waals surface area contributed by atoms with Crippen LogP contribution in [-0.2, 0) is 22.5 Å². The first-order valence-electron chi connectivity index (χ1n) is 8.04. The maximum absolute atomic E-state index is 12.3. The summed E-state index contributed by atoms with van der Waals surface area (Å²) in [6.07, 6.45) is 0.347. The predicted octanol–water partition coefficient (Wildman–Crippen LogP) is 2.75. The van der Waals surface area contributed by atoms with E-state index in [9.17, 15) is 9.59 Å². The van der Waals surface area contributed by atoms with Gasteiger partial charge in [0.15, 0.2) is 0 Å². The number of carbonyl (C=O) groups excluding carboxylic acids is 1. The molecule has 1 aromatic heterocycles. The van der Waals surface area contributed by atoms with Gasteiger partial charge in [0, 0.05) is 12.5 Å². The van der Waals surface area contributed by atoms with Crippen molar-refractivity contribution in [3.8, 4) is 0 Å². The molecule has 0 radical (unpaired) electrons. The molecule has 1 heterocycles. The fourth-order valence-electron chi connectivity index (χ4n) is 2.34. The molecule has 5 nitrogen and oxygen atoms in total. The summed E-state index contributed by atoms with van der Waals surface area (Å²) in [6.45, 7) is 7.69. The molecule has 0 unspecified atom stereocenters. The van der Waals surface area contributed by atoms with Crippen LogP contribution in [0.5, 0.6) is 0 Å². The zero-order chi connectivity index (χ0) is 17.7. The van der Waals surface area contributed by atoms with E-state index in [-0.39, 0.29) is 23.6 Å². The third-order valence-electron chi connectivity index (χ3n) is 3.78. The third-order valence-corrected chi connectivity index (χ3v) is 3.78. The van der Waals surface area contributed by atoms with E-state index in [4.69, 9.17) is 4.74 Å². The molecular weight excluding hydrogens is 304 g/mol. The Balaban J connectivity index is 2.10. The zero-order valence-electron chi connectivity index (χ0n) is 14.7. The van der Waals surface area contributed by atoms with Gasteiger partial charge >= 0.3 is 5.97 Å². The van der Waals surface area contributed by atoms with Gasteiger partial charge in [-0.15, -0.1) is 0 Å². The third kappa shape index (κ3) is 5.05. The van der Waals surface area contributed by atoms with Crippen LogP contribution in [-0.4, -0.2) is 21.9 Å². The molecule has 2 aromatic rings. The Bertz CT molecular complexity index is 745. The lowest BCUT2D eigenvalue weighted by Gasteiger charge is -2.30. The van der Waals surface area contributed by atoms with Gasteiger partial charge < -0.3 is 4.74 Å². The lowest BCUT2D eigenvalue weighted by Crippen LogP contribution is -2.36. The number of ether oxygens (including phenoxy) is 1. The van der Waals surface area contributed by atoms with Crippen molar-refractivity contribution < 1.29 is 9.53 Å². The number of rotatable bonds is 5. The van der Waals surface area contributed by atoms with Gasteiger partial charge in [-0.2, -0.15) is 5.10 Å². The minimum atomic E-state index is -0.453. The van der Waals surface area contributed by atoms with E-state index >= 15 is 0 Å². The summed E-state index contributed by atoms with van der Waals surface area (Å²) in [5, 5.41) is 4.07. The Kier molecular flexibility index (Phi) is 5.54. The van der Waals surface area contributed by atoms with Crippen LogP contribution in [0.15, 0.2) is 47.3 Å². The number of carbonyl (C=O) groups is 1. The molecule has 0 aliphatic heterocycles. The van der Waals surface area contributed by atoms with Crippen LogP contribution in [0.4, 0.5) is 0 Å². The van der Waals surface area contributed by atoms with Gasteiger partial charge in [-0.25, -0.2) is 4.68 Å². The van der Waals surface area contributed by atoms with Crippen LogP contribution in [0.3, 0.4) is 0 Å². The van der Waals surface area contributed by atoms with Gasteiger partial charge in [-0.1, -0.05) is 51.1 Å². The smallest absolute Gasteiger partial charge is 0.328 e. The molecule has 0 N–H and O–H groups in total. The van der Waals surface area contributed by atoms with E-state index in [2.05, 4.69) is 5.10 Å². The average molecular weight is 328 g/mol. The highest BCUT2D eigenvalue weighted by Gasteiger charge is 2.28. The van der Waals surface area contributed by atoms with Gasteiger partial charge in [-0.05, 0) is 24.0 Å². The van der Waals surface area contributed by atoms with E-state index in [1.54, 1.807) is 13.0 Å². The van der Waals surface area contributed by atoms with Crippen molar-refractivity contribution in [3.05, 3.63) is 64.1 Å². The Morgan fingerprint density at radius 3 is 2.46 bits per heavy atom. The molecule has 0 amide bonds. The van der Waals surface area contributed by atoms with Crippen LogP contribution in [0, 0.1) is 12.3 Å². The van der Waals surface area contributed by atoms with Gasteiger partial charge in [0.1, 0.15) is 12.6 Å². The molecule has 0 spiro atoms. The minimum Gasteiger partial charge on any atom is -0.460 e. The molecule has 0 bridgehead atoms. The normalized spacial score (nSPS) is 12.7. The van der Waals surface area contributed by atoms with E-state index < -0.39 is 5.97 Å². The van der Waals surface area contributed by atoms with Crippen molar-refractivity contribution in [2.75, 3.05) is 0 Å². The van der Waals surface area contributed by atoms with Crippen molar-refractivity contribution in [1.29, 1.82) is 0 Å². The number of esters is 1.